The Morgan fingerprint density at radius 3 is 2.14 bits per heavy atom. The normalized spacial score (nSPS) is 13.8. The van der Waals surface area contributed by atoms with Gasteiger partial charge in [0.05, 0.1) is 0 Å². The molecule has 1 nitrogen and oxygen atoms in total. The van der Waals surface area contributed by atoms with Gasteiger partial charge in [0.25, 0.3) is 0 Å². The first kappa shape index (κ1) is 16.1. The highest BCUT2D eigenvalue weighted by Gasteiger charge is 2.23. The number of unbranched alkanes of at least 4 members (excludes halogenated alkanes) is 1. The number of hydrogen-bond donors (Lipinski definition) is 1. The number of thioether (sulfide) groups is 1. The Kier molecular flexibility index (Phi) is 6.84. The van der Waals surface area contributed by atoms with Gasteiger partial charge in [0.15, 0.2) is 0 Å². The third-order valence-electron chi connectivity index (χ3n) is 3.73. The Hall–Kier alpha value is -1.25. The maximum atomic E-state index is 9.85. The molecule has 0 bridgehead atoms. The van der Waals surface area contributed by atoms with Gasteiger partial charge in [-0.2, -0.15) is 0 Å². The van der Waals surface area contributed by atoms with Gasteiger partial charge < -0.3 is 5.11 Å². The van der Waals surface area contributed by atoms with Crippen molar-refractivity contribution in [2.75, 3.05) is 6.61 Å². The third kappa shape index (κ3) is 4.90. The van der Waals surface area contributed by atoms with Crippen LogP contribution in [-0.4, -0.2) is 11.7 Å². The van der Waals surface area contributed by atoms with Crippen molar-refractivity contribution in [1.82, 2.24) is 0 Å². The topological polar surface area (TPSA) is 20.2 Å². The molecule has 0 saturated heterocycles. The fourth-order valence-corrected chi connectivity index (χ4v) is 3.84. The first-order chi connectivity index (χ1) is 10.3. The molecule has 0 heterocycles. The molecule has 2 aromatic rings. The highest BCUT2D eigenvalue weighted by molar-refractivity contribution is 7.99. The van der Waals surface area contributed by atoms with E-state index in [1.165, 1.54) is 23.3 Å². The zero-order valence-corrected chi connectivity index (χ0v) is 13.4. The molecule has 0 fully saturated rings. The van der Waals surface area contributed by atoms with Crippen molar-refractivity contribution >= 4 is 11.8 Å². The van der Waals surface area contributed by atoms with Gasteiger partial charge in [0.2, 0.25) is 0 Å². The number of benzene rings is 2. The standard InChI is InChI=1S/C19H24OS/c1-2-3-10-17(15-20)19(16-11-6-4-7-12-16)21-18-13-8-5-9-14-18/h4-9,11-14,17,19-20H,2-3,10,15H2,1H3/t17-,19-/m1/s1. The molecule has 2 heteroatoms. The molecule has 0 aromatic heterocycles. The molecular weight excluding hydrogens is 276 g/mol. The fourth-order valence-electron chi connectivity index (χ4n) is 2.53. The number of hydrogen-bond acceptors (Lipinski definition) is 2. The van der Waals surface area contributed by atoms with Gasteiger partial charge in [-0.1, -0.05) is 68.3 Å². The van der Waals surface area contributed by atoms with Gasteiger partial charge in [0.1, 0.15) is 0 Å². The van der Waals surface area contributed by atoms with E-state index in [4.69, 9.17) is 0 Å². The Morgan fingerprint density at radius 2 is 1.57 bits per heavy atom. The predicted molar refractivity (Wildman–Crippen MR) is 91.6 cm³/mol. The van der Waals surface area contributed by atoms with E-state index < -0.39 is 0 Å². The van der Waals surface area contributed by atoms with Crippen molar-refractivity contribution in [3.8, 4) is 0 Å². The van der Waals surface area contributed by atoms with Crippen LogP contribution >= 0.6 is 11.8 Å². The van der Waals surface area contributed by atoms with E-state index in [2.05, 4.69) is 55.5 Å². The molecule has 1 N–H and O–H groups in total. The van der Waals surface area contributed by atoms with E-state index in [0.717, 1.165) is 6.42 Å². The molecule has 0 aliphatic heterocycles. The average Bonchev–Trinajstić information content (AvgIpc) is 2.56. The van der Waals surface area contributed by atoms with Crippen LogP contribution in [0.25, 0.3) is 0 Å². The van der Waals surface area contributed by atoms with Crippen LogP contribution in [0.5, 0.6) is 0 Å². The molecule has 2 atom stereocenters. The molecule has 0 spiro atoms. The lowest BCUT2D eigenvalue weighted by molar-refractivity contribution is 0.213. The van der Waals surface area contributed by atoms with Gasteiger partial charge in [-0.05, 0) is 30.0 Å². The van der Waals surface area contributed by atoms with Crippen molar-refractivity contribution in [2.24, 2.45) is 5.92 Å². The van der Waals surface area contributed by atoms with E-state index in [-0.39, 0.29) is 6.61 Å². The van der Waals surface area contributed by atoms with Crippen LogP contribution in [0.3, 0.4) is 0 Å². The molecule has 2 aromatic carbocycles. The third-order valence-corrected chi connectivity index (χ3v) is 5.18. The molecular formula is C19H24OS. The minimum atomic E-state index is 0.249. The fraction of sp³-hybridized carbons (Fsp3) is 0.368. The van der Waals surface area contributed by atoms with Crippen molar-refractivity contribution < 1.29 is 5.11 Å². The Morgan fingerprint density at radius 1 is 0.952 bits per heavy atom. The summed E-state index contributed by atoms with van der Waals surface area (Å²) in [6.07, 6.45) is 3.42. The van der Waals surface area contributed by atoms with Gasteiger partial charge >= 0.3 is 0 Å². The Bertz CT molecular complexity index is 497. The summed E-state index contributed by atoms with van der Waals surface area (Å²) in [5.41, 5.74) is 1.31. The second kappa shape index (κ2) is 8.91. The summed E-state index contributed by atoms with van der Waals surface area (Å²) in [5, 5.41) is 10.2. The highest BCUT2D eigenvalue weighted by Crippen LogP contribution is 2.42. The smallest absolute Gasteiger partial charge is 0.0473 e. The molecule has 112 valence electrons. The van der Waals surface area contributed by atoms with E-state index in [1.54, 1.807) is 0 Å². The van der Waals surface area contributed by atoms with Crippen LogP contribution in [0.1, 0.15) is 37.0 Å². The Labute approximate surface area is 132 Å². The van der Waals surface area contributed by atoms with Gasteiger partial charge in [-0.3, -0.25) is 0 Å². The quantitative estimate of drug-likeness (QED) is 0.666. The lowest BCUT2D eigenvalue weighted by Crippen LogP contribution is -2.14. The van der Waals surface area contributed by atoms with E-state index in [1.807, 2.05) is 23.9 Å². The lowest BCUT2D eigenvalue weighted by atomic mass is 9.94. The summed E-state index contributed by atoms with van der Waals surface area (Å²) in [6, 6.07) is 21.1. The first-order valence-corrected chi connectivity index (χ1v) is 8.60. The number of aliphatic hydroxyl groups excluding tert-OH is 1. The first-order valence-electron chi connectivity index (χ1n) is 7.72. The van der Waals surface area contributed by atoms with E-state index in [0.29, 0.717) is 11.2 Å². The van der Waals surface area contributed by atoms with E-state index >= 15 is 0 Å². The predicted octanol–water partition coefficient (Wildman–Crippen LogP) is 5.32. The second-order valence-electron chi connectivity index (χ2n) is 5.35. The van der Waals surface area contributed by atoms with Crippen LogP contribution in [-0.2, 0) is 0 Å². The van der Waals surface area contributed by atoms with E-state index in [9.17, 15) is 5.11 Å². The molecule has 0 aliphatic carbocycles. The summed E-state index contributed by atoms with van der Waals surface area (Å²) < 4.78 is 0. The molecule has 0 aliphatic rings. The molecule has 2 rings (SSSR count). The summed E-state index contributed by atoms with van der Waals surface area (Å²) in [6.45, 7) is 2.45. The van der Waals surface area contributed by atoms with Crippen LogP contribution < -0.4 is 0 Å². The maximum Gasteiger partial charge on any atom is 0.0473 e. The molecule has 0 amide bonds. The molecule has 0 radical (unpaired) electrons. The molecule has 0 saturated carbocycles. The zero-order valence-electron chi connectivity index (χ0n) is 12.6. The summed E-state index contributed by atoms with van der Waals surface area (Å²) in [4.78, 5) is 1.27. The summed E-state index contributed by atoms with van der Waals surface area (Å²) in [5.74, 6) is 0.303. The maximum absolute atomic E-state index is 9.85. The number of aliphatic hydroxyl groups is 1. The monoisotopic (exact) mass is 300 g/mol. The summed E-state index contributed by atoms with van der Waals surface area (Å²) >= 11 is 1.86. The molecule has 0 unspecified atom stereocenters. The van der Waals surface area contributed by atoms with Crippen LogP contribution in [0.15, 0.2) is 65.6 Å². The highest BCUT2D eigenvalue weighted by atomic mass is 32.2. The zero-order chi connectivity index (χ0) is 14.9. The Balaban J connectivity index is 2.21. The van der Waals surface area contributed by atoms with Gasteiger partial charge in [-0.25, -0.2) is 0 Å². The van der Waals surface area contributed by atoms with Crippen molar-refractivity contribution in [2.45, 2.75) is 36.3 Å². The van der Waals surface area contributed by atoms with Crippen molar-refractivity contribution in [3.05, 3.63) is 66.2 Å². The summed E-state index contributed by atoms with van der Waals surface area (Å²) in [7, 11) is 0. The van der Waals surface area contributed by atoms with Gasteiger partial charge in [0, 0.05) is 16.8 Å². The van der Waals surface area contributed by atoms with Crippen LogP contribution in [0, 0.1) is 5.92 Å². The minimum absolute atomic E-state index is 0.249. The largest absolute Gasteiger partial charge is 0.396 e. The SMILES string of the molecule is CCCC[C@H](CO)[C@H](Sc1ccccc1)c1ccccc1. The second-order valence-corrected chi connectivity index (χ2v) is 6.56. The lowest BCUT2D eigenvalue weighted by Gasteiger charge is -2.26. The van der Waals surface area contributed by atoms with Crippen LogP contribution in [0.2, 0.25) is 0 Å². The van der Waals surface area contributed by atoms with Crippen molar-refractivity contribution in [1.29, 1.82) is 0 Å². The van der Waals surface area contributed by atoms with Crippen molar-refractivity contribution in [3.63, 3.8) is 0 Å². The minimum Gasteiger partial charge on any atom is -0.396 e. The average molecular weight is 300 g/mol. The molecule has 21 heavy (non-hydrogen) atoms. The number of rotatable bonds is 8. The van der Waals surface area contributed by atoms with Gasteiger partial charge in [-0.15, -0.1) is 11.8 Å². The van der Waals surface area contributed by atoms with Crippen LogP contribution in [0.4, 0.5) is 0 Å².